The van der Waals surface area contributed by atoms with E-state index in [2.05, 4.69) is 4.98 Å². The Hall–Kier alpha value is -0.930. The van der Waals surface area contributed by atoms with Crippen LogP contribution in [0.4, 0.5) is 0 Å². The van der Waals surface area contributed by atoms with E-state index in [9.17, 15) is 0 Å². The van der Waals surface area contributed by atoms with Crippen molar-refractivity contribution in [3.05, 3.63) is 29.6 Å². The van der Waals surface area contributed by atoms with Crippen molar-refractivity contribution in [3.8, 4) is 0 Å². The van der Waals surface area contributed by atoms with Crippen molar-refractivity contribution in [1.29, 1.82) is 0 Å². The molecule has 3 N–H and O–H groups in total. The quantitative estimate of drug-likeness (QED) is 0.676. The zero-order valence-electron chi connectivity index (χ0n) is 7.20. The van der Waals surface area contributed by atoms with Crippen LogP contribution in [0.1, 0.15) is 11.3 Å². The van der Waals surface area contributed by atoms with Crippen LogP contribution < -0.4 is 5.73 Å². The van der Waals surface area contributed by atoms with Crippen LogP contribution in [-0.2, 0) is 6.42 Å². The molecule has 0 spiro atoms. The van der Waals surface area contributed by atoms with Crippen LogP contribution >= 0.6 is 0 Å². The van der Waals surface area contributed by atoms with Crippen LogP contribution in [0.25, 0.3) is 0 Å². The third-order valence-electron chi connectivity index (χ3n) is 1.83. The van der Waals surface area contributed by atoms with Gasteiger partial charge in [-0.3, -0.25) is 4.98 Å². The van der Waals surface area contributed by atoms with Gasteiger partial charge < -0.3 is 10.8 Å². The lowest BCUT2D eigenvalue weighted by atomic mass is 10.1. The summed E-state index contributed by atoms with van der Waals surface area (Å²) in [5.74, 6) is 0. The largest absolute Gasteiger partial charge is 0.395 e. The third-order valence-corrected chi connectivity index (χ3v) is 1.83. The summed E-state index contributed by atoms with van der Waals surface area (Å²) in [6.07, 6.45) is 2.44. The molecule has 0 amide bonds. The zero-order chi connectivity index (χ0) is 8.97. The van der Waals surface area contributed by atoms with E-state index in [0.29, 0.717) is 6.42 Å². The summed E-state index contributed by atoms with van der Waals surface area (Å²) in [5.41, 5.74) is 7.69. The van der Waals surface area contributed by atoms with Gasteiger partial charge in [0.1, 0.15) is 0 Å². The number of aromatic nitrogens is 1. The molecule has 12 heavy (non-hydrogen) atoms. The lowest BCUT2D eigenvalue weighted by Gasteiger charge is -2.09. The second-order valence-corrected chi connectivity index (χ2v) is 2.89. The minimum absolute atomic E-state index is 0.0222. The first-order valence-corrected chi connectivity index (χ1v) is 4.01. The Morgan fingerprint density at radius 2 is 2.42 bits per heavy atom. The van der Waals surface area contributed by atoms with Gasteiger partial charge >= 0.3 is 0 Å². The van der Waals surface area contributed by atoms with E-state index >= 15 is 0 Å². The Labute approximate surface area is 72.2 Å². The molecule has 1 rings (SSSR count). The summed E-state index contributed by atoms with van der Waals surface area (Å²) in [6.45, 7) is 1.97. The predicted octanol–water partition coefficient (Wildman–Crippen LogP) is 0.252. The molecular weight excluding hydrogens is 152 g/mol. The summed E-state index contributed by atoms with van der Waals surface area (Å²) >= 11 is 0. The molecule has 1 heterocycles. The molecule has 3 heteroatoms. The van der Waals surface area contributed by atoms with Crippen LogP contribution in [0, 0.1) is 6.92 Å². The number of nitrogens with two attached hydrogens (primary N) is 1. The van der Waals surface area contributed by atoms with Gasteiger partial charge in [0.05, 0.1) is 6.61 Å². The molecule has 0 aromatic carbocycles. The lowest BCUT2D eigenvalue weighted by molar-refractivity contribution is 0.265. The Balaban J connectivity index is 2.69. The Morgan fingerprint density at radius 3 is 3.00 bits per heavy atom. The fourth-order valence-electron chi connectivity index (χ4n) is 1.08. The summed E-state index contributed by atoms with van der Waals surface area (Å²) in [4.78, 5) is 4.13. The van der Waals surface area contributed by atoms with Gasteiger partial charge in [-0.2, -0.15) is 0 Å². The maximum Gasteiger partial charge on any atom is 0.0585 e. The molecule has 1 aromatic heterocycles. The fourth-order valence-corrected chi connectivity index (χ4v) is 1.08. The van der Waals surface area contributed by atoms with E-state index in [0.717, 1.165) is 11.3 Å². The van der Waals surface area contributed by atoms with Gasteiger partial charge in [0, 0.05) is 17.9 Å². The molecule has 0 aliphatic heterocycles. The van der Waals surface area contributed by atoms with Gasteiger partial charge in [-0.1, -0.05) is 6.07 Å². The van der Waals surface area contributed by atoms with Gasteiger partial charge in [-0.25, -0.2) is 0 Å². The summed E-state index contributed by atoms with van der Waals surface area (Å²) < 4.78 is 0. The van der Waals surface area contributed by atoms with Gasteiger partial charge in [0.15, 0.2) is 0 Å². The number of aliphatic hydroxyl groups excluding tert-OH is 1. The van der Waals surface area contributed by atoms with Crippen LogP contribution in [0.3, 0.4) is 0 Å². The van der Waals surface area contributed by atoms with E-state index in [1.807, 2.05) is 19.1 Å². The Kier molecular flexibility index (Phi) is 3.19. The first-order valence-electron chi connectivity index (χ1n) is 4.01. The topological polar surface area (TPSA) is 59.1 Å². The maximum atomic E-state index is 8.74. The number of rotatable bonds is 3. The van der Waals surface area contributed by atoms with E-state index < -0.39 is 0 Å². The number of aryl methyl sites for hydroxylation is 1. The minimum Gasteiger partial charge on any atom is -0.395 e. The highest BCUT2D eigenvalue weighted by Gasteiger charge is 2.04. The van der Waals surface area contributed by atoms with E-state index in [-0.39, 0.29) is 12.6 Å². The first-order chi connectivity index (χ1) is 5.74. The standard InChI is InChI=1S/C9H14N2O/c1-7-8(3-2-4-11-7)5-9(10)6-12/h2-4,9,12H,5-6,10H2,1H3. The molecule has 1 unspecified atom stereocenters. The summed E-state index contributed by atoms with van der Waals surface area (Å²) in [7, 11) is 0. The van der Waals surface area contributed by atoms with Crippen molar-refractivity contribution in [1.82, 2.24) is 4.98 Å². The molecule has 3 nitrogen and oxygen atoms in total. The molecular formula is C9H14N2O. The second-order valence-electron chi connectivity index (χ2n) is 2.89. The first kappa shape index (κ1) is 9.16. The van der Waals surface area contributed by atoms with Gasteiger partial charge in [0.25, 0.3) is 0 Å². The SMILES string of the molecule is Cc1ncccc1CC(N)CO. The molecule has 0 saturated carbocycles. The van der Waals surface area contributed by atoms with Gasteiger partial charge in [-0.15, -0.1) is 0 Å². The van der Waals surface area contributed by atoms with Crippen molar-refractivity contribution in [3.63, 3.8) is 0 Å². The Morgan fingerprint density at radius 1 is 1.67 bits per heavy atom. The molecule has 0 aliphatic rings. The minimum atomic E-state index is -0.173. The predicted molar refractivity (Wildman–Crippen MR) is 47.7 cm³/mol. The summed E-state index contributed by atoms with van der Waals surface area (Å²) in [5, 5.41) is 8.74. The van der Waals surface area contributed by atoms with Crippen LogP contribution in [0.5, 0.6) is 0 Å². The van der Waals surface area contributed by atoms with Crippen molar-refractivity contribution >= 4 is 0 Å². The molecule has 1 atom stereocenters. The average Bonchev–Trinajstić information content (AvgIpc) is 2.09. The normalized spacial score (nSPS) is 12.9. The van der Waals surface area contributed by atoms with Crippen LogP contribution in [-0.4, -0.2) is 22.7 Å². The molecule has 0 bridgehead atoms. The average molecular weight is 166 g/mol. The number of hydrogen-bond acceptors (Lipinski definition) is 3. The lowest BCUT2D eigenvalue weighted by Crippen LogP contribution is -2.27. The third kappa shape index (κ3) is 2.29. The maximum absolute atomic E-state index is 8.74. The monoisotopic (exact) mass is 166 g/mol. The Bertz CT molecular complexity index is 250. The second kappa shape index (κ2) is 4.18. The zero-order valence-corrected chi connectivity index (χ0v) is 7.20. The van der Waals surface area contributed by atoms with Gasteiger partial charge in [-0.05, 0) is 25.0 Å². The molecule has 0 fully saturated rings. The highest BCUT2D eigenvalue weighted by Crippen LogP contribution is 2.05. The van der Waals surface area contributed by atoms with Crippen molar-refractivity contribution in [2.45, 2.75) is 19.4 Å². The van der Waals surface area contributed by atoms with Crippen molar-refractivity contribution in [2.75, 3.05) is 6.61 Å². The molecule has 0 saturated heterocycles. The van der Waals surface area contributed by atoms with E-state index in [4.69, 9.17) is 10.8 Å². The van der Waals surface area contributed by atoms with E-state index in [1.54, 1.807) is 6.20 Å². The number of pyridine rings is 1. The number of nitrogens with zero attached hydrogens (tertiary/aromatic N) is 1. The molecule has 1 aromatic rings. The highest BCUT2D eigenvalue weighted by atomic mass is 16.3. The molecule has 0 radical (unpaired) electrons. The molecule has 0 aliphatic carbocycles. The highest BCUT2D eigenvalue weighted by molar-refractivity contribution is 5.19. The fraction of sp³-hybridized carbons (Fsp3) is 0.444. The van der Waals surface area contributed by atoms with E-state index in [1.165, 1.54) is 0 Å². The van der Waals surface area contributed by atoms with Gasteiger partial charge in [0.2, 0.25) is 0 Å². The van der Waals surface area contributed by atoms with Crippen molar-refractivity contribution in [2.24, 2.45) is 5.73 Å². The van der Waals surface area contributed by atoms with Crippen molar-refractivity contribution < 1.29 is 5.11 Å². The number of hydrogen-bond donors (Lipinski definition) is 2. The summed E-state index contributed by atoms with van der Waals surface area (Å²) in [6, 6.07) is 3.69. The van der Waals surface area contributed by atoms with Crippen LogP contribution in [0.15, 0.2) is 18.3 Å². The molecule has 66 valence electrons. The number of aliphatic hydroxyl groups is 1. The smallest absolute Gasteiger partial charge is 0.0585 e. The van der Waals surface area contributed by atoms with Crippen LogP contribution in [0.2, 0.25) is 0 Å².